The summed E-state index contributed by atoms with van der Waals surface area (Å²) in [4.78, 5) is 7.01. The molecule has 0 atom stereocenters. The van der Waals surface area contributed by atoms with Crippen LogP contribution in [0.3, 0.4) is 0 Å². The van der Waals surface area contributed by atoms with Gasteiger partial charge in [-0.15, -0.1) is 0 Å². The number of pyridine rings is 1. The van der Waals surface area contributed by atoms with Crippen LogP contribution in [-0.2, 0) is 13.0 Å². The lowest BCUT2D eigenvalue weighted by molar-refractivity contribution is 0.240. The van der Waals surface area contributed by atoms with Gasteiger partial charge in [-0.1, -0.05) is 0 Å². The van der Waals surface area contributed by atoms with E-state index in [0.29, 0.717) is 11.6 Å². The van der Waals surface area contributed by atoms with Crippen LogP contribution in [0.4, 0.5) is 5.69 Å². The van der Waals surface area contributed by atoms with Gasteiger partial charge in [-0.3, -0.25) is 4.90 Å². The molecule has 1 aliphatic carbocycles. The van der Waals surface area contributed by atoms with E-state index >= 15 is 0 Å². The number of nitrogen functional groups attached to an aromatic ring is 1. The summed E-state index contributed by atoms with van der Waals surface area (Å²) >= 11 is 0. The molecule has 1 aliphatic heterocycles. The Morgan fingerprint density at radius 1 is 1.50 bits per heavy atom. The first-order valence-corrected chi connectivity index (χ1v) is 5.84. The van der Waals surface area contributed by atoms with E-state index in [1.165, 1.54) is 18.4 Å². The van der Waals surface area contributed by atoms with Crippen molar-refractivity contribution in [3.05, 3.63) is 17.3 Å². The van der Waals surface area contributed by atoms with Crippen LogP contribution in [0.2, 0.25) is 0 Å². The average Bonchev–Trinajstić information content (AvgIpc) is 3.11. The van der Waals surface area contributed by atoms with E-state index in [9.17, 15) is 0 Å². The minimum absolute atomic E-state index is 0.568. The largest absolute Gasteiger partial charge is 0.480 e. The van der Waals surface area contributed by atoms with Gasteiger partial charge in [-0.05, 0) is 24.5 Å². The van der Waals surface area contributed by atoms with Crippen LogP contribution in [0.25, 0.3) is 0 Å². The number of fused-ring (bicyclic) bond motifs is 1. The first kappa shape index (κ1) is 9.90. The average molecular weight is 219 g/mol. The summed E-state index contributed by atoms with van der Waals surface area (Å²) in [5.74, 6) is 0.568. The molecule has 0 bridgehead atoms. The van der Waals surface area contributed by atoms with Crippen molar-refractivity contribution in [2.75, 3.05) is 19.4 Å². The van der Waals surface area contributed by atoms with Crippen molar-refractivity contribution in [3.8, 4) is 5.88 Å². The molecule has 1 aromatic heterocycles. The molecule has 1 saturated carbocycles. The minimum atomic E-state index is 0.568. The molecule has 86 valence electrons. The maximum Gasteiger partial charge on any atom is 0.237 e. The summed E-state index contributed by atoms with van der Waals surface area (Å²) in [6, 6.07) is 2.84. The Bertz CT molecular complexity index is 415. The van der Waals surface area contributed by atoms with Gasteiger partial charge in [-0.2, -0.15) is 0 Å². The number of anilines is 1. The van der Waals surface area contributed by atoms with Crippen molar-refractivity contribution in [2.45, 2.75) is 31.8 Å². The number of nitrogens with zero attached hydrogens (tertiary/aromatic N) is 2. The second-order valence-corrected chi connectivity index (χ2v) is 4.64. The molecule has 0 amide bonds. The Morgan fingerprint density at radius 3 is 3.00 bits per heavy atom. The van der Waals surface area contributed by atoms with Gasteiger partial charge in [0.1, 0.15) is 0 Å². The first-order chi connectivity index (χ1) is 7.78. The third kappa shape index (κ3) is 1.63. The van der Waals surface area contributed by atoms with E-state index < -0.39 is 0 Å². The summed E-state index contributed by atoms with van der Waals surface area (Å²) in [5, 5.41) is 0. The van der Waals surface area contributed by atoms with Gasteiger partial charge >= 0.3 is 0 Å². The summed E-state index contributed by atoms with van der Waals surface area (Å²) in [6.07, 6.45) is 3.73. The summed E-state index contributed by atoms with van der Waals surface area (Å²) in [7, 11) is 1.62. The minimum Gasteiger partial charge on any atom is -0.480 e. The number of hydrogen-bond acceptors (Lipinski definition) is 4. The maximum atomic E-state index is 5.89. The first-order valence-electron chi connectivity index (χ1n) is 5.84. The molecule has 16 heavy (non-hydrogen) atoms. The second-order valence-electron chi connectivity index (χ2n) is 4.64. The van der Waals surface area contributed by atoms with E-state index in [-0.39, 0.29) is 0 Å². The maximum absolute atomic E-state index is 5.89. The molecule has 2 N–H and O–H groups in total. The van der Waals surface area contributed by atoms with Gasteiger partial charge in [0, 0.05) is 25.6 Å². The van der Waals surface area contributed by atoms with Crippen molar-refractivity contribution in [3.63, 3.8) is 0 Å². The number of ether oxygens (including phenoxy) is 1. The quantitative estimate of drug-likeness (QED) is 0.812. The lowest BCUT2D eigenvalue weighted by atomic mass is 10.0. The normalized spacial score (nSPS) is 20.6. The zero-order chi connectivity index (χ0) is 11.1. The van der Waals surface area contributed by atoms with Crippen LogP contribution in [-0.4, -0.2) is 29.6 Å². The lowest BCUT2D eigenvalue weighted by Gasteiger charge is -2.28. The number of aromatic nitrogens is 1. The van der Waals surface area contributed by atoms with Gasteiger partial charge in [-0.25, -0.2) is 4.98 Å². The van der Waals surface area contributed by atoms with Crippen molar-refractivity contribution in [1.82, 2.24) is 9.88 Å². The summed E-state index contributed by atoms with van der Waals surface area (Å²) < 4.78 is 5.15. The highest BCUT2D eigenvalue weighted by Gasteiger charge is 2.31. The van der Waals surface area contributed by atoms with Crippen LogP contribution >= 0.6 is 0 Å². The standard InChI is InChI=1S/C12H17N3O/c1-16-12-10(13)6-8-7-15(9-2-3-9)5-4-11(8)14-12/h6,9H,2-5,7,13H2,1H3. The molecule has 2 aliphatic rings. The molecule has 3 rings (SSSR count). The molecule has 1 aromatic rings. The highest BCUT2D eigenvalue weighted by atomic mass is 16.5. The van der Waals surface area contributed by atoms with Crippen molar-refractivity contribution < 1.29 is 4.74 Å². The molecule has 0 aromatic carbocycles. The molecule has 0 spiro atoms. The molecule has 1 fully saturated rings. The SMILES string of the molecule is COc1nc2c(cc1N)CN(C1CC1)CC2. The van der Waals surface area contributed by atoms with Gasteiger partial charge in [0.25, 0.3) is 0 Å². The number of hydrogen-bond donors (Lipinski definition) is 1. The topological polar surface area (TPSA) is 51.4 Å². The molecule has 4 nitrogen and oxygen atoms in total. The molecule has 2 heterocycles. The van der Waals surface area contributed by atoms with Crippen molar-refractivity contribution in [2.24, 2.45) is 0 Å². The monoisotopic (exact) mass is 219 g/mol. The van der Waals surface area contributed by atoms with E-state index in [2.05, 4.69) is 9.88 Å². The second kappa shape index (κ2) is 3.63. The number of rotatable bonds is 2. The third-order valence-corrected chi connectivity index (χ3v) is 3.45. The van der Waals surface area contributed by atoms with Gasteiger partial charge < -0.3 is 10.5 Å². The van der Waals surface area contributed by atoms with Gasteiger partial charge in [0.15, 0.2) is 0 Å². The fraction of sp³-hybridized carbons (Fsp3) is 0.583. The van der Waals surface area contributed by atoms with E-state index in [0.717, 1.165) is 31.2 Å². The zero-order valence-electron chi connectivity index (χ0n) is 9.57. The predicted octanol–water partition coefficient (Wildman–Crippen LogP) is 1.19. The molecule has 0 radical (unpaired) electrons. The van der Waals surface area contributed by atoms with E-state index in [1.54, 1.807) is 7.11 Å². The van der Waals surface area contributed by atoms with E-state index in [1.807, 2.05) is 6.07 Å². The summed E-state index contributed by atoms with van der Waals surface area (Å²) in [5.41, 5.74) is 8.97. The fourth-order valence-corrected chi connectivity index (χ4v) is 2.41. The highest BCUT2D eigenvalue weighted by Crippen LogP contribution is 2.33. The van der Waals surface area contributed by atoms with Crippen LogP contribution < -0.4 is 10.5 Å². The smallest absolute Gasteiger partial charge is 0.237 e. The Balaban J connectivity index is 1.89. The molecule has 0 unspecified atom stereocenters. The molecule has 4 heteroatoms. The zero-order valence-corrected chi connectivity index (χ0v) is 9.57. The van der Waals surface area contributed by atoms with Gasteiger partial charge in [0.2, 0.25) is 5.88 Å². The molecule has 0 saturated heterocycles. The lowest BCUT2D eigenvalue weighted by Crippen LogP contribution is -2.33. The molecular formula is C12H17N3O. The van der Waals surface area contributed by atoms with Crippen molar-refractivity contribution >= 4 is 5.69 Å². The van der Waals surface area contributed by atoms with Crippen molar-refractivity contribution in [1.29, 1.82) is 0 Å². The fourth-order valence-electron chi connectivity index (χ4n) is 2.41. The predicted molar refractivity (Wildman–Crippen MR) is 62.3 cm³/mol. The summed E-state index contributed by atoms with van der Waals surface area (Å²) in [6.45, 7) is 2.12. The Kier molecular flexibility index (Phi) is 2.24. The third-order valence-electron chi connectivity index (χ3n) is 3.45. The molecular weight excluding hydrogens is 202 g/mol. The Hall–Kier alpha value is -1.29. The van der Waals surface area contributed by atoms with Crippen LogP contribution in [0.5, 0.6) is 5.88 Å². The number of nitrogens with two attached hydrogens (primary N) is 1. The number of methoxy groups -OCH3 is 1. The highest BCUT2D eigenvalue weighted by molar-refractivity contribution is 5.51. The Labute approximate surface area is 95.4 Å². The van der Waals surface area contributed by atoms with Crippen LogP contribution in [0.15, 0.2) is 6.07 Å². The Morgan fingerprint density at radius 2 is 2.31 bits per heavy atom. The van der Waals surface area contributed by atoms with Gasteiger partial charge in [0.05, 0.1) is 18.5 Å². The van der Waals surface area contributed by atoms with Crippen LogP contribution in [0.1, 0.15) is 24.1 Å². The van der Waals surface area contributed by atoms with Crippen LogP contribution in [0, 0.1) is 0 Å². The van der Waals surface area contributed by atoms with E-state index in [4.69, 9.17) is 10.5 Å².